The van der Waals surface area contributed by atoms with Crippen LogP contribution in [0.4, 0.5) is 0 Å². The van der Waals surface area contributed by atoms with Crippen LogP contribution in [0.3, 0.4) is 0 Å². The van der Waals surface area contributed by atoms with Gasteiger partial charge >= 0.3 is 0 Å². The van der Waals surface area contributed by atoms with E-state index in [-0.39, 0.29) is 11.7 Å². The number of amides is 1. The summed E-state index contributed by atoms with van der Waals surface area (Å²) < 4.78 is 13.2. The quantitative estimate of drug-likeness (QED) is 0.618. The molecule has 3 rings (SSSR count). The number of halogens is 2. The van der Waals surface area contributed by atoms with Gasteiger partial charge in [-0.25, -0.2) is 0 Å². The molecule has 6 heteroatoms. The Kier molecular flexibility index (Phi) is 7.95. The summed E-state index contributed by atoms with van der Waals surface area (Å²) in [6.45, 7) is 0.671. The van der Waals surface area contributed by atoms with E-state index in [9.17, 15) is 9.00 Å². The lowest BCUT2D eigenvalue weighted by atomic mass is 9.89. The number of hydrogen-bond donors (Lipinski definition) is 1. The summed E-state index contributed by atoms with van der Waals surface area (Å²) >= 11 is 12.5. The predicted molar refractivity (Wildman–Crippen MR) is 117 cm³/mol. The lowest BCUT2D eigenvalue weighted by molar-refractivity contribution is -0.118. The van der Waals surface area contributed by atoms with Crippen LogP contribution in [0, 0.1) is 5.92 Å². The molecule has 1 saturated carbocycles. The maximum atomic E-state index is 13.2. The molecule has 2 aromatic rings. The van der Waals surface area contributed by atoms with E-state index in [1.165, 1.54) is 19.3 Å². The number of hydrogen-bond acceptors (Lipinski definition) is 2. The van der Waals surface area contributed by atoms with Gasteiger partial charge in [-0.3, -0.25) is 9.00 Å². The molecule has 28 heavy (non-hydrogen) atoms. The Morgan fingerprint density at radius 3 is 2.54 bits per heavy atom. The summed E-state index contributed by atoms with van der Waals surface area (Å²) in [5.74, 6) is 0.302. The average molecular weight is 438 g/mol. The molecule has 1 fully saturated rings. The van der Waals surface area contributed by atoms with Gasteiger partial charge in [-0.15, -0.1) is 0 Å². The first-order valence-electron chi connectivity index (χ1n) is 9.68. The van der Waals surface area contributed by atoms with Crippen molar-refractivity contribution in [1.29, 1.82) is 0 Å². The van der Waals surface area contributed by atoms with Crippen LogP contribution in [0.1, 0.15) is 48.5 Å². The molecule has 0 bridgehead atoms. The van der Waals surface area contributed by atoms with Gasteiger partial charge in [0.05, 0.1) is 5.25 Å². The van der Waals surface area contributed by atoms with Crippen LogP contribution in [0.25, 0.3) is 0 Å². The molecule has 0 spiro atoms. The molecule has 2 atom stereocenters. The van der Waals surface area contributed by atoms with Gasteiger partial charge < -0.3 is 5.32 Å². The van der Waals surface area contributed by atoms with E-state index in [1.807, 2.05) is 30.3 Å². The van der Waals surface area contributed by atoms with Crippen molar-refractivity contribution in [2.24, 2.45) is 5.92 Å². The van der Waals surface area contributed by atoms with E-state index in [0.717, 1.165) is 24.0 Å². The minimum Gasteiger partial charge on any atom is -0.355 e. The zero-order valence-corrected chi connectivity index (χ0v) is 18.0. The van der Waals surface area contributed by atoms with Crippen molar-refractivity contribution in [1.82, 2.24) is 5.32 Å². The van der Waals surface area contributed by atoms with E-state index < -0.39 is 16.0 Å². The van der Waals surface area contributed by atoms with Gasteiger partial charge in [-0.1, -0.05) is 72.8 Å². The second kappa shape index (κ2) is 10.4. The van der Waals surface area contributed by atoms with Crippen molar-refractivity contribution >= 4 is 39.9 Å². The topological polar surface area (TPSA) is 46.2 Å². The highest BCUT2D eigenvalue weighted by Crippen LogP contribution is 2.34. The molecule has 0 aromatic heterocycles. The number of benzene rings is 2. The number of rotatable bonds is 7. The minimum absolute atomic E-state index is 0.0604. The lowest BCUT2D eigenvalue weighted by Gasteiger charge is -2.22. The highest BCUT2D eigenvalue weighted by atomic mass is 35.5. The summed E-state index contributed by atoms with van der Waals surface area (Å²) in [6.07, 6.45) is 6.07. The second-order valence-corrected chi connectivity index (χ2v) is 9.65. The second-order valence-electron chi connectivity index (χ2n) is 7.29. The van der Waals surface area contributed by atoms with E-state index in [4.69, 9.17) is 23.2 Å². The standard InChI is InChI=1S/C22H25Cl2NO2S/c23-18-10-6-9-17(13-18)22(19-11-4-5-12-20(19)24)28(27)15-21(26)25-14-16-7-2-1-3-8-16/h4-6,9-13,16,22H,1-3,7-8,14-15H2,(H,25,26). The number of nitrogens with one attached hydrogen (secondary N) is 1. The Morgan fingerprint density at radius 1 is 1.07 bits per heavy atom. The normalized spacial score (nSPS) is 17.1. The molecule has 3 nitrogen and oxygen atoms in total. The number of carbonyl (C=O) groups excluding carboxylic acids is 1. The summed E-state index contributed by atoms with van der Waals surface area (Å²) in [6, 6.07) is 14.6. The molecule has 1 aliphatic rings. The third-order valence-corrected chi connectivity index (χ3v) is 7.37. The predicted octanol–water partition coefficient (Wildman–Crippen LogP) is 5.53. The Balaban J connectivity index is 1.73. The summed E-state index contributed by atoms with van der Waals surface area (Å²) in [4.78, 5) is 12.5. The third-order valence-electron chi connectivity index (χ3n) is 5.19. The Morgan fingerprint density at radius 2 is 1.82 bits per heavy atom. The van der Waals surface area contributed by atoms with Gasteiger partial charge in [0.2, 0.25) is 5.91 Å². The van der Waals surface area contributed by atoms with Crippen molar-refractivity contribution in [2.75, 3.05) is 12.3 Å². The maximum Gasteiger partial charge on any atom is 0.232 e. The zero-order chi connectivity index (χ0) is 19.9. The van der Waals surface area contributed by atoms with Gasteiger partial charge in [0, 0.05) is 27.4 Å². The van der Waals surface area contributed by atoms with Gasteiger partial charge in [-0.05, 0) is 48.1 Å². The molecule has 0 saturated heterocycles. The van der Waals surface area contributed by atoms with Gasteiger partial charge in [0.25, 0.3) is 0 Å². The molecule has 0 radical (unpaired) electrons. The van der Waals surface area contributed by atoms with Crippen LogP contribution in [0.15, 0.2) is 48.5 Å². The highest BCUT2D eigenvalue weighted by molar-refractivity contribution is 7.86. The van der Waals surface area contributed by atoms with E-state index in [0.29, 0.717) is 22.5 Å². The monoisotopic (exact) mass is 437 g/mol. The van der Waals surface area contributed by atoms with Crippen molar-refractivity contribution < 1.29 is 9.00 Å². The van der Waals surface area contributed by atoms with Crippen molar-refractivity contribution in [3.8, 4) is 0 Å². The van der Waals surface area contributed by atoms with E-state index in [2.05, 4.69) is 5.32 Å². The SMILES string of the molecule is O=C(CS(=O)C(c1cccc(Cl)c1)c1ccccc1Cl)NCC1CCCCC1. The fourth-order valence-electron chi connectivity index (χ4n) is 3.74. The first-order chi connectivity index (χ1) is 13.5. The summed E-state index contributed by atoms with van der Waals surface area (Å²) in [5, 5.41) is 3.56. The fourth-order valence-corrected chi connectivity index (χ4v) is 5.72. The first kappa shape index (κ1) is 21.4. The molecule has 1 N–H and O–H groups in total. The molecular formula is C22H25Cl2NO2S. The van der Waals surface area contributed by atoms with Crippen LogP contribution in [-0.2, 0) is 15.6 Å². The number of carbonyl (C=O) groups is 1. The lowest BCUT2D eigenvalue weighted by Crippen LogP contribution is -2.34. The largest absolute Gasteiger partial charge is 0.355 e. The van der Waals surface area contributed by atoms with Crippen LogP contribution < -0.4 is 5.32 Å². The van der Waals surface area contributed by atoms with Gasteiger partial charge in [-0.2, -0.15) is 0 Å². The van der Waals surface area contributed by atoms with Crippen molar-refractivity contribution in [3.63, 3.8) is 0 Å². The summed E-state index contributed by atoms with van der Waals surface area (Å²) in [7, 11) is -1.47. The molecule has 150 valence electrons. The zero-order valence-electron chi connectivity index (χ0n) is 15.7. The Bertz CT molecular complexity index is 837. The van der Waals surface area contributed by atoms with Crippen LogP contribution in [-0.4, -0.2) is 22.4 Å². The average Bonchev–Trinajstić information content (AvgIpc) is 2.69. The smallest absolute Gasteiger partial charge is 0.232 e. The molecule has 2 unspecified atom stereocenters. The maximum absolute atomic E-state index is 13.2. The Labute approximate surface area is 179 Å². The third kappa shape index (κ3) is 5.82. The molecule has 0 aliphatic heterocycles. The first-order valence-corrected chi connectivity index (χ1v) is 11.8. The van der Waals surface area contributed by atoms with Gasteiger partial charge in [0.1, 0.15) is 5.75 Å². The molecule has 1 aliphatic carbocycles. The van der Waals surface area contributed by atoms with E-state index >= 15 is 0 Å². The van der Waals surface area contributed by atoms with Crippen molar-refractivity contribution in [2.45, 2.75) is 37.4 Å². The van der Waals surface area contributed by atoms with Crippen LogP contribution >= 0.6 is 23.2 Å². The fraction of sp³-hybridized carbons (Fsp3) is 0.409. The molecule has 2 aromatic carbocycles. The Hall–Kier alpha value is -1.36. The highest BCUT2D eigenvalue weighted by Gasteiger charge is 2.26. The van der Waals surface area contributed by atoms with E-state index in [1.54, 1.807) is 18.2 Å². The molecular weight excluding hydrogens is 413 g/mol. The summed E-state index contributed by atoms with van der Waals surface area (Å²) in [5.41, 5.74) is 1.53. The van der Waals surface area contributed by atoms with Gasteiger partial charge in [0.15, 0.2) is 0 Å². The van der Waals surface area contributed by atoms with Crippen molar-refractivity contribution in [3.05, 3.63) is 69.7 Å². The minimum atomic E-state index is -1.47. The van der Waals surface area contributed by atoms with Crippen LogP contribution in [0.2, 0.25) is 10.0 Å². The van der Waals surface area contributed by atoms with Crippen LogP contribution in [0.5, 0.6) is 0 Å². The molecule has 0 heterocycles. The molecule has 1 amide bonds.